The molecule has 9 heteroatoms. The molecule has 25 heavy (non-hydrogen) atoms. The summed E-state index contributed by atoms with van der Waals surface area (Å²) in [7, 11) is 0. The third-order valence-electron chi connectivity index (χ3n) is 3.23. The summed E-state index contributed by atoms with van der Waals surface area (Å²) in [6.45, 7) is 4.50. The number of alkyl carbamates (subject to hydrolysis) is 1. The number of ether oxygens (including phenoxy) is 1. The zero-order chi connectivity index (χ0) is 19.0. The van der Waals surface area contributed by atoms with Gasteiger partial charge in [0.05, 0.1) is 11.3 Å². The van der Waals surface area contributed by atoms with Crippen LogP contribution in [0.5, 0.6) is 0 Å². The molecule has 0 saturated heterocycles. The van der Waals surface area contributed by atoms with Gasteiger partial charge in [0.25, 0.3) is 0 Å². The number of benzene rings is 1. The standard InChI is InChI=1S/C16H17F3N2O4/c1-15(2,3)25-14(24)21-12(16(17,18)19)11-10(13(22)23)8-6-4-5-7-9(8)20-11/h4-7,12,20H,1-3H3,(H,21,24)(H,22,23). The summed E-state index contributed by atoms with van der Waals surface area (Å²) in [4.78, 5) is 25.8. The molecule has 0 aliphatic heterocycles. The van der Waals surface area contributed by atoms with Crippen molar-refractivity contribution in [2.75, 3.05) is 0 Å². The quantitative estimate of drug-likeness (QED) is 0.773. The summed E-state index contributed by atoms with van der Waals surface area (Å²) in [6, 6.07) is 3.35. The average Bonchev–Trinajstić information content (AvgIpc) is 2.80. The SMILES string of the molecule is CC(C)(C)OC(=O)NC(c1[nH]c2ccccc2c1C(=O)O)C(F)(F)F. The van der Waals surface area contributed by atoms with Gasteiger partial charge in [-0.3, -0.25) is 0 Å². The monoisotopic (exact) mass is 358 g/mol. The summed E-state index contributed by atoms with van der Waals surface area (Å²) in [5.41, 5.74) is -1.99. The number of rotatable bonds is 3. The molecule has 0 radical (unpaired) electrons. The van der Waals surface area contributed by atoms with E-state index in [1.165, 1.54) is 39.0 Å². The van der Waals surface area contributed by atoms with Crippen molar-refractivity contribution in [3.05, 3.63) is 35.5 Å². The van der Waals surface area contributed by atoms with Crippen LogP contribution in [0.3, 0.4) is 0 Å². The molecule has 3 N–H and O–H groups in total. The summed E-state index contributed by atoms with van der Waals surface area (Å²) < 4.78 is 45.3. The van der Waals surface area contributed by atoms with Crippen molar-refractivity contribution in [2.24, 2.45) is 0 Å². The zero-order valence-electron chi connectivity index (χ0n) is 13.7. The maximum absolute atomic E-state index is 13.5. The van der Waals surface area contributed by atoms with Crippen molar-refractivity contribution in [1.82, 2.24) is 10.3 Å². The zero-order valence-corrected chi connectivity index (χ0v) is 13.7. The Labute approximate surface area is 141 Å². The lowest BCUT2D eigenvalue weighted by Crippen LogP contribution is -2.41. The molecular formula is C16H17F3N2O4. The molecule has 1 aromatic carbocycles. The fraction of sp³-hybridized carbons (Fsp3) is 0.375. The van der Waals surface area contributed by atoms with E-state index in [0.29, 0.717) is 0 Å². The minimum absolute atomic E-state index is 0.116. The molecule has 1 aromatic heterocycles. The van der Waals surface area contributed by atoms with Gasteiger partial charge >= 0.3 is 18.2 Å². The van der Waals surface area contributed by atoms with Gasteiger partial charge in [-0.25, -0.2) is 9.59 Å². The number of carbonyl (C=O) groups is 2. The summed E-state index contributed by atoms with van der Waals surface area (Å²) in [6.07, 6.45) is -6.23. The van der Waals surface area contributed by atoms with Gasteiger partial charge in [0.15, 0.2) is 6.04 Å². The van der Waals surface area contributed by atoms with Crippen molar-refractivity contribution in [2.45, 2.75) is 38.6 Å². The molecule has 2 aromatic rings. The first kappa shape index (κ1) is 18.6. The summed E-state index contributed by atoms with van der Waals surface area (Å²) in [5, 5.41) is 11.2. The first-order chi connectivity index (χ1) is 11.4. The molecule has 0 bridgehead atoms. The van der Waals surface area contributed by atoms with E-state index < -0.39 is 41.1 Å². The van der Waals surface area contributed by atoms with Crippen LogP contribution in [0.1, 0.15) is 42.9 Å². The van der Waals surface area contributed by atoms with Gasteiger partial charge in [-0.1, -0.05) is 18.2 Å². The molecule has 1 heterocycles. The Balaban J connectivity index is 2.52. The number of hydrogen-bond donors (Lipinski definition) is 3. The second-order valence-corrected chi connectivity index (χ2v) is 6.39. The molecule has 2 rings (SSSR count). The molecule has 136 valence electrons. The minimum Gasteiger partial charge on any atom is -0.478 e. The number of H-pyrrole nitrogens is 1. The number of carbonyl (C=O) groups excluding carboxylic acids is 1. The number of carboxylic acid groups (broad SMARTS) is 1. The van der Waals surface area contributed by atoms with Crippen molar-refractivity contribution in [3.63, 3.8) is 0 Å². The maximum atomic E-state index is 13.5. The van der Waals surface area contributed by atoms with Gasteiger partial charge in [-0.15, -0.1) is 0 Å². The van der Waals surface area contributed by atoms with Crippen LogP contribution in [0, 0.1) is 0 Å². The number of alkyl halides is 3. The minimum atomic E-state index is -4.93. The Morgan fingerprint density at radius 1 is 1.20 bits per heavy atom. The second-order valence-electron chi connectivity index (χ2n) is 6.39. The highest BCUT2D eigenvalue weighted by Crippen LogP contribution is 2.37. The number of halogens is 3. The van der Waals surface area contributed by atoms with Gasteiger partial charge in [-0.05, 0) is 26.8 Å². The number of fused-ring (bicyclic) bond motifs is 1. The molecule has 1 unspecified atom stereocenters. The lowest BCUT2D eigenvalue weighted by Gasteiger charge is -2.25. The Morgan fingerprint density at radius 2 is 1.80 bits per heavy atom. The number of amides is 1. The predicted molar refractivity (Wildman–Crippen MR) is 83.4 cm³/mol. The van der Waals surface area contributed by atoms with Crippen molar-refractivity contribution >= 4 is 23.0 Å². The van der Waals surface area contributed by atoms with E-state index in [4.69, 9.17) is 4.74 Å². The van der Waals surface area contributed by atoms with E-state index in [1.54, 1.807) is 11.4 Å². The van der Waals surface area contributed by atoms with Crippen LogP contribution in [0.15, 0.2) is 24.3 Å². The normalized spacial score (nSPS) is 13.5. The first-order valence-electron chi connectivity index (χ1n) is 7.30. The van der Waals surface area contributed by atoms with Gasteiger partial charge in [0, 0.05) is 10.9 Å². The highest BCUT2D eigenvalue weighted by atomic mass is 19.4. The van der Waals surface area contributed by atoms with Gasteiger partial charge in [0.2, 0.25) is 0 Å². The molecule has 0 fully saturated rings. The third kappa shape index (κ3) is 4.23. The van der Waals surface area contributed by atoms with E-state index in [-0.39, 0.29) is 10.9 Å². The number of para-hydroxylation sites is 1. The van der Waals surface area contributed by atoms with E-state index in [9.17, 15) is 27.9 Å². The first-order valence-corrected chi connectivity index (χ1v) is 7.30. The smallest absolute Gasteiger partial charge is 0.414 e. The number of nitrogens with one attached hydrogen (secondary N) is 2. The number of carboxylic acids is 1. The van der Waals surface area contributed by atoms with Crippen LogP contribution in [-0.2, 0) is 4.74 Å². The van der Waals surface area contributed by atoms with E-state index >= 15 is 0 Å². The molecule has 0 aliphatic carbocycles. The number of aromatic nitrogens is 1. The highest BCUT2D eigenvalue weighted by molar-refractivity contribution is 6.05. The second kappa shape index (κ2) is 6.30. The van der Waals surface area contributed by atoms with Crippen LogP contribution in [-0.4, -0.2) is 33.9 Å². The summed E-state index contributed by atoms with van der Waals surface area (Å²) >= 11 is 0. The Morgan fingerprint density at radius 3 is 2.32 bits per heavy atom. The fourth-order valence-corrected chi connectivity index (χ4v) is 2.35. The topological polar surface area (TPSA) is 91.4 Å². The molecule has 0 saturated carbocycles. The maximum Gasteiger partial charge on any atom is 0.414 e. The van der Waals surface area contributed by atoms with E-state index in [2.05, 4.69) is 4.98 Å². The third-order valence-corrected chi connectivity index (χ3v) is 3.23. The molecule has 1 amide bonds. The van der Waals surface area contributed by atoms with E-state index in [0.717, 1.165) is 0 Å². The van der Waals surface area contributed by atoms with Crippen molar-refractivity contribution in [1.29, 1.82) is 0 Å². The highest BCUT2D eigenvalue weighted by Gasteiger charge is 2.45. The number of hydrogen-bond acceptors (Lipinski definition) is 3. The number of aromatic carboxylic acids is 1. The lowest BCUT2D eigenvalue weighted by molar-refractivity contribution is -0.157. The number of aromatic amines is 1. The van der Waals surface area contributed by atoms with Crippen molar-refractivity contribution in [3.8, 4) is 0 Å². The lowest BCUT2D eigenvalue weighted by atomic mass is 10.1. The average molecular weight is 358 g/mol. The van der Waals surface area contributed by atoms with Crippen LogP contribution >= 0.6 is 0 Å². The van der Waals surface area contributed by atoms with E-state index in [1.807, 2.05) is 0 Å². The molecule has 0 spiro atoms. The van der Waals surface area contributed by atoms with Crippen LogP contribution in [0.4, 0.5) is 18.0 Å². The molecule has 1 atom stereocenters. The Hall–Kier alpha value is -2.71. The van der Waals surface area contributed by atoms with Crippen LogP contribution < -0.4 is 5.32 Å². The van der Waals surface area contributed by atoms with Gasteiger partial charge < -0.3 is 20.1 Å². The largest absolute Gasteiger partial charge is 0.478 e. The van der Waals surface area contributed by atoms with Crippen molar-refractivity contribution < 1.29 is 32.6 Å². The Kier molecular flexibility index (Phi) is 4.70. The fourth-order valence-electron chi connectivity index (χ4n) is 2.35. The Bertz CT molecular complexity index is 806. The van der Waals surface area contributed by atoms with Gasteiger partial charge in [-0.2, -0.15) is 13.2 Å². The summed E-state index contributed by atoms with van der Waals surface area (Å²) in [5.74, 6) is -1.53. The molecule has 0 aliphatic rings. The van der Waals surface area contributed by atoms with Crippen LogP contribution in [0.25, 0.3) is 10.9 Å². The van der Waals surface area contributed by atoms with Gasteiger partial charge in [0.1, 0.15) is 5.60 Å². The molecule has 6 nitrogen and oxygen atoms in total. The van der Waals surface area contributed by atoms with Crippen LogP contribution in [0.2, 0.25) is 0 Å². The molecular weight excluding hydrogens is 341 g/mol. The predicted octanol–water partition coefficient (Wildman–Crippen LogP) is 3.99.